The number of benzene rings is 1. The molecule has 22 heavy (non-hydrogen) atoms. The number of carbonyl (C=O) groups excluding carboxylic acids is 1. The molecule has 1 aromatic carbocycles. The van der Waals surface area contributed by atoms with E-state index in [9.17, 15) is 4.79 Å². The van der Waals surface area contributed by atoms with Gasteiger partial charge in [0.1, 0.15) is 0 Å². The van der Waals surface area contributed by atoms with Gasteiger partial charge in [-0.3, -0.25) is 4.98 Å². The van der Waals surface area contributed by atoms with Crippen LogP contribution in [-0.2, 0) is 11.2 Å². The Labute approximate surface area is 130 Å². The van der Waals surface area contributed by atoms with Gasteiger partial charge in [-0.25, -0.2) is 4.79 Å². The van der Waals surface area contributed by atoms with Gasteiger partial charge in [0.15, 0.2) is 0 Å². The fraction of sp³-hybridized carbons (Fsp3) is 0.333. The van der Waals surface area contributed by atoms with E-state index in [0.29, 0.717) is 5.69 Å². The Morgan fingerprint density at radius 1 is 1.14 bits per heavy atom. The van der Waals surface area contributed by atoms with Crippen LogP contribution in [0.3, 0.4) is 0 Å². The molecule has 0 fully saturated rings. The number of rotatable bonds is 1. The maximum absolute atomic E-state index is 10.7. The minimum absolute atomic E-state index is 0.647. The molecule has 112 valence electrons. The number of nitrogens with zero attached hydrogens (tertiary/aromatic N) is 2. The SMILES string of the molecule is O=C=Nc1cccc2c1-c1ccnc(c1)CCCCCCN2. The summed E-state index contributed by atoms with van der Waals surface area (Å²) in [5.41, 5.74) is 4.75. The Bertz CT molecular complexity index is 705. The van der Waals surface area contributed by atoms with Gasteiger partial charge in [-0.1, -0.05) is 18.9 Å². The Balaban J connectivity index is 2.14. The van der Waals surface area contributed by atoms with E-state index in [1.807, 2.05) is 30.5 Å². The average Bonchev–Trinajstić information content (AvgIpc) is 2.54. The summed E-state index contributed by atoms with van der Waals surface area (Å²) in [4.78, 5) is 19.1. The lowest BCUT2D eigenvalue weighted by molar-refractivity contribution is 0.565. The summed E-state index contributed by atoms with van der Waals surface area (Å²) in [6.45, 7) is 0.930. The standard InChI is InChI=1S/C18H19N3O/c22-13-21-17-8-5-7-16-18(17)14-9-11-19-15(12-14)6-3-1-2-4-10-20-16/h5,7-9,11-12,20H,1-4,6,10H2. The maximum atomic E-state index is 10.7. The molecule has 2 bridgehead atoms. The Morgan fingerprint density at radius 2 is 2.05 bits per heavy atom. The fourth-order valence-electron chi connectivity index (χ4n) is 2.91. The van der Waals surface area contributed by atoms with E-state index in [1.54, 1.807) is 6.08 Å². The summed E-state index contributed by atoms with van der Waals surface area (Å²) in [5.74, 6) is 0. The second kappa shape index (κ2) is 7.01. The molecule has 4 nitrogen and oxygen atoms in total. The average molecular weight is 293 g/mol. The number of nitrogens with one attached hydrogen (secondary N) is 1. The normalized spacial score (nSPS) is 14.5. The third-order valence-corrected chi connectivity index (χ3v) is 3.99. The molecule has 4 heteroatoms. The van der Waals surface area contributed by atoms with Crippen molar-refractivity contribution >= 4 is 17.5 Å². The molecule has 0 atom stereocenters. The van der Waals surface area contributed by atoms with E-state index in [1.165, 1.54) is 12.8 Å². The highest BCUT2D eigenvalue weighted by Gasteiger charge is 2.12. The summed E-state index contributed by atoms with van der Waals surface area (Å²) in [6.07, 6.45) is 9.24. The highest BCUT2D eigenvalue weighted by molar-refractivity contribution is 5.88. The van der Waals surface area contributed by atoms with Gasteiger partial charge < -0.3 is 5.32 Å². The first-order valence-electron chi connectivity index (χ1n) is 7.78. The second-order valence-electron chi connectivity index (χ2n) is 5.53. The molecule has 1 N–H and O–H groups in total. The predicted molar refractivity (Wildman–Crippen MR) is 88.1 cm³/mol. The highest BCUT2D eigenvalue weighted by Crippen LogP contribution is 2.37. The number of hydrogen-bond acceptors (Lipinski definition) is 4. The number of fused-ring (bicyclic) bond motifs is 4. The molecule has 0 saturated carbocycles. The van der Waals surface area contributed by atoms with Crippen LogP contribution in [0.15, 0.2) is 41.5 Å². The first-order chi connectivity index (χ1) is 10.9. The molecule has 1 aliphatic heterocycles. The largest absolute Gasteiger partial charge is 0.384 e. The minimum atomic E-state index is 0.647. The van der Waals surface area contributed by atoms with Crippen molar-refractivity contribution in [3.05, 3.63) is 42.2 Å². The maximum Gasteiger partial charge on any atom is 0.240 e. The molecule has 2 aromatic rings. The van der Waals surface area contributed by atoms with Crippen LogP contribution >= 0.6 is 0 Å². The summed E-state index contributed by atoms with van der Waals surface area (Å²) in [7, 11) is 0. The van der Waals surface area contributed by atoms with Crippen LogP contribution in [0, 0.1) is 0 Å². The van der Waals surface area contributed by atoms with E-state index in [-0.39, 0.29) is 0 Å². The topological polar surface area (TPSA) is 54.4 Å². The van der Waals surface area contributed by atoms with Gasteiger partial charge in [0.2, 0.25) is 6.08 Å². The minimum Gasteiger partial charge on any atom is -0.384 e. The zero-order chi connectivity index (χ0) is 15.2. The van der Waals surface area contributed by atoms with Crippen molar-refractivity contribution in [2.24, 2.45) is 4.99 Å². The molecule has 2 heterocycles. The van der Waals surface area contributed by atoms with Crippen molar-refractivity contribution in [2.45, 2.75) is 32.1 Å². The first kappa shape index (κ1) is 14.5. The summed E-state index contributed by atoms with van der Waals surface area (Å²) in [5, 5.41) is 3.48. The predicted octanol–water partition coefficient (Wildman–Crippen LogP) is 4.24. The Kier molecular flexibility index (Phi) is 4.62. The summed E-state index contributed by atoms with van der Waals surface area (Å²) >= 11 is 0. The number of anilines is 1. The van der Waals surface area contributed by atoms with Gasteiger partial charge in [-0.15, -0.1) is 0 Å². The number of aromatic nitrogens is 1. The lowest BCUT2D eigenvalue weighted by Crippen LogP contribution is -2.04. The van der Waals surface area contributed by atoms with Gasteiger partial charge in [-0.05, 0) is 49.1 Å². The summed E-state index contributed by atoms with van der Waals surface area (Å²) in [6, 6.07) is 9.86. The van der Waals surface area contributed by atoms with Crippen molar-refractivity contribution in [1.82, 2.24) is 4.98 Å². The lowest BCUT2D eigenvalue weighted by Gasteiger charge is -2.15. The monoisotopic (exact) mass is 293 g/mol. The molecule has 0 aliphatic carbocycles. The van der Waals surface area contributed by atoms with Crippen LogP contribution in [0.2, 0.25) is 0 Å². The van der Waals surface area contributed by atoms with Crippen molar-refractivity contribution in [3.8, 4) is 11.1 Å². The van der Waals surface area contributed by atoms with Crippen LogP contribution in [0.1, 0.15) is 31.4 Å². The third-order valence-electron chi connectivity index (χ3n) is 3.99. The fourth-order valence-corrected chi connectivity index (χ4v) is 2.91. The number of hydrogen-bond donors (Lipinski definition) is 1. The zero-order valence-corrected chi connectivity index (χ0v) is 12.5. The molecular weight excluding hydrogens is 274 g/mol. The lowest BCUT2D eigenvalue weighted by atomic mass is 9.99. The van der Waals surface area contributed by atoms with Crippen LogP contribution in [-0.4, -0.2) is 17.6 Å². The number of aryl methyl sites for hydroxylation is 1. The molecule has 0 radical (unpaired) electrons. The van der Waals surface area contributed by atoms with E-state index in [4.69, 9.17) is 0 Å². The molecule has 0 amide bonds. The molecular formula is C18H19N3O. The van der Waals surface area contributed by atoms with Crippen LogP contribution in [0.25, 0.3) is 11.1 Å². The van der Waals surface area contributed by atoms with Gasteiger partial charge in [0.05, 0.1) is 5.69 Å². The molecule has 0 spiro atoms. The molecule has 0 saturated heterocycles. The van der Waals surface area contributed by atoms with E-state index in [0.717, 1.165) is 48.3 Å². The Hall–Kier alpha value is -2.45. The quantitative estimate of drug-likeness (QED) is 0.632. The molecule has 1 aromatic heterocycles. The van der Waals surface area contributed by atoms with Gasteiger partial charge >= 0.3 is 0 Å². The van der Waals surface area contributed by atoms with E-state index >= 15 is 0 Å². The van der Waals surface area contributed by atoms with E-state index < -0.39 is 0 Å². The Morgan fingerprint density at radius 3 is 2.95 bits per heavy atom. The highest BCUT2D eigenvalue weighted by atomic mass is 16.1. The van der Waals surface area contributed by atoms with Crippen molar-refractivity contribution in [3.63, 3.8) is 0 Å². The number of isocyanates is 1. The molecule has 0 unspecified atom stereocenters. The summed E-state index contributed by atoms with van der Waals surface area (Å²) < 4.78 is 0. The van der Waals surface area contributed by atoms with Gasteiger partial charge in [0.25, 0.3) is 0 Å². The first-order valence-corrected chi connectivity index (χ1v) is 7.78. The van der Waals surface area contributed by atoms with Crippen molar-refractivity contribution in [2.75, 3.05) is 11.9 Å². The smallest absolute Gasteiger partial charge is 0.240 e. The zero-order valence-electron chi connectivity index (χ0n) is 12.5. The molecule has 3 rings (SSSR count). The van der Waals surface area contributed by atoms with E-state index in [2.05, 4.69) is 21.4 Å². The second-order valence-corrected chi connectivity index (χ2v) is 5.53. The van der Waals surface area contributed by atoms with Gasteiger partial charge in [0, 0.05) is 29.7 Å². The molecule has 1 aliphatic rings. The van der Waals surface area contributed by atoms with Crippen LogP contribution < -0.4 is 5.32 Å². The van der Waals surface area contributed by atoms with Crippen molar-refractivity contribution < 1.29 is 4.79 Å². The van der Waals surface area contributed by atoms with Crippen molar-refractivity contribution in [1.29, 1.82) is 0 Å². The van der Waals surface area contributed by atoms with Gasteiger partial charge in [-0.2, -0.15) is 4.99 Å². The number of pyridine rings is 1. The third kappa shape index (κ3) is 3.23. The van der Waals surface area contributed by atoms with Crippen LogP contribution in [0.5, 0.6) is 0 Å². The van der Waals surface area contributed by atoms with Crippen LogP contribution in [0.4, 0.5) is 11.4 Å². The number of aliphatic imine (C=N–C) groups is 1.